The van der Waals surface area contributed by atoms with E-state index in [0.29, 0.717) is 12.8 Å². The lowest BCUT2D eigenvalue weighted by Crippen LogP contribution is -2.47. The molecule has 1 fully saturated rings. The molecule has 7 heteroatoms. The highest BCUT2D eigenvalue weighted by molar-refractivity contribution is 4.87. The number of aliphatic hydroxyl groups is 1. The van der Waals surface area contributed by atoms with Crippen LogP contribution in [0.25, 0.3) is 0 Å². The first-order chi connectivity index (χ1) is 8.14. The van der Waals surface area contributed by atoms with E-state index in [1.54, 1.807) is 0 Å². The third-order valence-corrected chi connectivity index (χ3v) is 3.43. The smallest absolute Gasteiger partial charge is 0.392 e. The van der Waals surface area contributed by atoms with Crippen molar-refractivity contribution in [3.05, 3.63) is 0 Å². The number of hydrogen-bond donors (Lipinski definition) is 1. The Morgan fingerprint density at radius 3 is 1.50 bits per heavy atom. The van der Waals surface area contributed by atoms with Crippen molar-refractivity contribution in [1.82, 2.24) is 0 Å². The topological polar surface area (TPSA) is 20.2 Å². The van der Waals surface area contributed by atoms with Crippen LogP contribution in [0, 0.1) is 11.8 Å². The molecule has 1 aliphatic rings. The lowest BCUT2D eigenvalue weighted by molar-refractivity contribution is -0.311. The fraction of sp³-hybridized carbons (Fsp3) is 1.00. The lowest BCUT2D eigenvalue weighted by Gasteiger charge is -2.32. The van der Waals surface area contributed by atoms with Crippen LogP contribution < -0.4 is 0 Å². The summed E-state index contributed by atoms with van der Waals surface area (Å²) in [6, 6.07) is 0. The lowest BCUT2D eigenvalue weighted by atomic mass is 9.85. The zero-order valence-corrected chi connectivity index (χ0v) is 9.69. The predicted molar refractivity (Wildman–Crippen MR) is 52.8 cm³/mol. The van der Waals surface area contributed by atoms with Gasteiger partial charge in [-0.15, -0.1) is 0 Å². The van der Waals surface area contributed by atoms with E-state index in [9.17, 15) is 31.4 Å². The van der Waals surface area contributed by atoms with Gasteiger partial charge in [0.25, 0.3) is 0 Å². The van der Waals surface area contributed by atoms with Crippen LogP contribution in [0.4, 0.5) is 26.3 Å². The van der Waals surface area contributed by atoms with Crippen molar-refractivity contribution < 1.29 is 31.4 Å². The molecule has 1 aliphatic carbocycles. The van der Waals surface area contributed by atoms with E-state index in [1.807, 2.05) is 0 Å². The van der Waals surface area contributed by atoms with Crippen LogP contribution >= 0.6 is 0 Å². The molecule has 1 nitrogen and oxygen atoms in total. The maximum atomic E-state index is 12.4. The molecule has 0 heterocycles. The normalized spacial score (nSPS) is 22.0. The molecule has 1 saturated carbocycles. The number of aliphatic hydroxyl groups excluding tert-OH is 1. The van der Waals surface area contributed by atoms with Gasteiger partial charge in [-0.05, 0) is 18.8 Å². The second-order valence-corrected chi connectivity index (χ2v) is 4.80. The molecule has 1 N–H and O–H groups in total. The summed E-state index contributed by atoms with van der Waals surface area (Å²) in [5.74, 6) is -4.55. The van der Waals surface area contributed by atoms with Gasteiger partial charge in [-0.2, -0.15) is 26.3 Å². The van der Waals surface area contributed by atoms with Crippen LogP contribution in [0.1, 0.15) is 38.5 Å². The van der Waals surface area contributed by atoms with E-state index in [1.165, 1.54) is 0 Å². The molecule has 0 aromatic heterocycles. The monoisotopic (exact) mass is 278 g/mol. The molecule has 0 saturated heterocycles. The Kier molecular flexibility index (Phi) is 4.91. The summed E-state index contributed by atoms with van der Waals surface area (Å²) in [5, 5.41) is 9.49. The molecule has 0 aliphatic heterocycles. The van der Waals surface area contributed by atoms with Crippen LogP contribution in [0.15, 0.2) is 0 Å². The Labute approximate surface area is 101 Å². The summed E-state index contributed by atoms with van der Waals surface area (Å²) in [4.78, 5) is 0. The van der Waals surface area contributed by atoms with Crippen molar-refractivity contribution >= 4 is 0 Å². The first kappa shape index (κ1) is 15.6. The van der Waals surface area contributed by atoms with Gasteiger partial charge in [-0.3, -0.25) is 0 Å². The minimum Gasteiger partial charge on any atom is -0.392 e. The Morgan fingerprint density at radius 1 is 0.778 bits per heavy atom. The number of hydrogen-bond acceptors (Lipinski definition) is 1. The molecule has 1 unspecified atom stereocenters. The number of rotatable bonds is 2. The molecule has 0 spiro atoms. The molecule has 18 heavy (non-hydrogen) atoms. The number of alkyl halides is 6. The summed E-state index contributed by atoms with van der Waals surface area (Å²) < 4.78 is 74.7. The standard InChI is InChI=1S/C11H16F6O/c12-10(13,14)9(11(15,16)17)8(18)7-5-3-1-2-4-6-7/h7-9,18H,1-6H2. The van der Waals surface area contributed by atoms with Gasteiger partial charge >= 0.3 is 12.4 Å². The Hall–Kier alpha value is -0.460. The largest absolute Gasteiger partial charge is 0.403 e. The quantitative estimate of drug-likeness (QED) is 0.596. The summed E-state index contributed by atoms with van der Waals surface area (Å²) in [6.45, 7) is 0. The third-order valence-electron chi connectivity index (χ3n) is 3.43. The van der Waals surface area contributed by atoms with Crippen LogP contribution in [0.3, 0.4) is 0 Å². The fourth-order valence-electron chi connectivity index (χ4n) is 2.50. The molecular formula is C11H16F6O. The van der Waals surface area contributed by atoms with Crippen LogP contribution in [0.2, 0.25) is 0 Å². The second-order valence-electron chi connectivity index (χ2n) is 4.80. The van der Waals surface area contributed by atoms with Crippen molar-refractivity contribution in [2.45, 2.75) is 57.0 Å². The molecule has 0 radical (unpaired) electrons. The first-order valence-corrected chi connectivity index (χ1v) is 5.95. The van der Waals surface area contributed by atoms with E-state index in [2.05, 4.69) is 0 Å². The molecule has 0 amide bonds. The highest BCUT2D eigenvalue weighted by atomic mass is 19.4. The molecule has 0 aromatic rings. The summed E-state index contributed by atoms with van der Waals surface area (Å²) in [6.07, 6.45) is -10.1. The molecule has 1 atom stereocenters. The van der Waals surface area contributed by atoms with Crippen LogP contribution in [0.5, 0.6) is 0 Å². The van der Waals surface area contributed by atoms with Gasteiger partial charge in [-0.1, -0.05) is 25.7 Å². The zero-order chi connectivity index (χ0) is 14.0. The fourth-order valence-corrected chi connectivity index (χ4v) is 2.50. The minimum atomic E-state index is -5.45. The van der Waals surface area contributed by atoms with E-state index in [-0.39, 0.29) is 12.8 Å². The van der Waals surface area contributed by atoms with E-state index in [4.69, 9.17) is 0 Å². The molecule has 0 aromatic carbocycles. The highest BCUT2D eigenvalue weighted by Crippen LogP contribution is 2.44. The Bertz CT molecular complexity index is 237. The predicted octanol–water partition coefficient (Wildman–Crippen LogP) is 4.06. The SMILES string of the molecule is OC(C1CCCCCC1)C(C(F)(F)F)C(F)(F)F. The van der Waals surface area contributed by atoms with Gasteiger partial charge in [0.2, 0.25) is 0 Å². The van der Waals surface area contributed by atoms with Gasteiger partial charge in [0.1, 0.15) is 0 Å². The van der Waals surface area contributed by atoms with E-state index in [0.717, 1.165) is 12.8 Å². The first-order valence-electron chi connectivity index (χ1n) is 5.95. The molecular weight excluding hydrogens is 262 g/mol. The van der Waals surface area contributed by atoms with Gasteiger partial charge in [0.05, 0.1) is 6.10 Å². The van der Waals surface area contributed by atoms with Gasteiger partial charge in [-0.25, -0.2) is 0 Å². The highest BCUT2D eigenvalue weighted by Gasteiger charge is 2.61. The average molecular weight is 278 g/mol. The maximum absolute atomic E-state index is 12.4. The summed E-state index contributed by atoms with van der Waals surface area (Å²) >= 11 is 0. The zero-order valence-electron chi connectivity index (χ0n) is 9.69. The summed E-state index contributed by atoms with van der Waals surface area (Å²) in [5.41, 5.74) is 0. The van der Waals surface area contributed by atoms with Gasteiger partial charge < -0.3 is 5.11 Å². The second kappa shape index (κ2) is 5.67. The van der Waals surface area contributed by atoms with Crippen molar-refractivity contribution in [1.29, 1.82) is 0 Å². The van der Waals surface area contributed by atoms with Crippen molar-refractivity contribution in [3.8, 4) is 0 Å². The van der Waals surface area contributed by atoms with Crippen molar-refractivity contribution in [2.75, 3.05) is 0 Å². The van der Waals surface area contributed by atoms with E-state index >= 15 is 0 Å². The van der Waals surface area contributed by atoms with E-state index < -0.39 is 30.3 Å². The van der Waals surface area contributed by atoms with Gasteiger partial charge in [0.15, 0.2) is 5.92 Å². The van der Waals surface area contributed by atoms with Crippen LogP contribution in [-0.4, -0.2) is 23.6 Å². The summed E-state index contributed by atoms with van der Waals surface area (Å²) in [7, 11) is 0. The number of halogens is 6. The third kappa shape index (κ3) is 4.03. The van der Waals surface area contributed by atoms with Crippen molar-refractivity contribution in [3.63, 3.8) is 0 Å². The average Bonchev–Trinajstić information content (AvgIpc) is 2.40. The Morgan fingerprint density at radius 2 is 1.17 bits per heavy atom. The molecule has 0 bridgehead atoms. The Balaban J connectivity index is 2.84. The molecule has 1 rings (SSSR count). The maximum Gasteiger partial charge on any atom is 0.403 e. The van der Waals surface area contributed by atoms with Crippen molar-refractivity contribution in [2.24, 2.45) is 11.8 Å². The molecule has 108 valence electrons. The minimum absolute atomic E-state index is 0.226. The van der Waals surface area contributed by atoms with Crippen LogP contribution in [-0.2, 0) is 0 Å². The van der Waals surface area contributed by atoms with Gasteiger partial charge in [0, 0.05) is 0 Å².